The molecule has 0 heterocycles. The summed E-state index contributed by atoms with van der Waals surface area (Å²) in [5, 5.41) is 0. The summed E-state index contributed by atoms with van der Waals surface area (Å²) in [6, 6.07) is 8.49. The lowest BCUT2D eigenvalue weighted by atomic mass is 10.0. The van der Waals surface area contributed by atoms with Crippen LogP contribution in [0.5, 0.6) is 5.75 Å². The maximum Gasteiger partial charge on any atom is 0.167 e. The Hall–Kier alpha value is -2.23. The molecule has 0 aliphatic carbocycles. The summed E-state index contributed by atoms with van der Waals surface area (Å²) in [6.07, 6.45) is 0.0177. The molecule has 0 fully saturated rings. The van der Waals surface area contributed by atoms with E-state index in [1.54, 1.807) is 19.1 Å². The van der Waals surface area contributed by atoms with Crippen molar-refractivity contribution in [3.63, 3.8) is 0 Å². The number of benzene rings is 2. The molecule has 0 N–H and O–H groups in total. The third-order valence-electron chi connectivity index (χ3n) is 2.94. The first-order valence-electron chi connectivity index (χ1n) is 6.12. The molecular formula is C16H14F2O2. The van der Waals surface area contributed by atoms with Crippen LogP contribution in [0.4, 0.5) is 8.78 Å². The van der Waals surface area contributed by atoms with Gasteiger partial charge >= 0.3 is 0 Å². The van der Waals surface area contributed by atoms with Crippen LogP contribution in [0.25, 0.3) is 0 Å². The minimum absolute atomic E-state index is 0.0177. The van der Waals surface area contributed by atoms with Crippen LogP contribution < -0.4 is 4.74 Å². The lowest BCUT2D eigenvalue weighted by molar-refractivity contribution is 0.0992. The van der Waals surface area contributed by atoms with Gasteiger partial charge in [0.25, 0.3) is 0 Å². The quantitative estimate of drug-likeness (QED) is 0.796. The minimum Gasteiger partial charge on any atom is -0.494 e. The molecule has 0 atom stereocenters. The molecule has 0 unspecified atom stereocenters. The van der Waals surface area contributed by atoms with Gasteiger partial charge in [-0.2, -0.15) is 0 Å². The maximum absolute atomic E-state index is 13.5. The van der Waals surface area contributed by atoms with Crippen molar-refractivity contribution < 1.29 is 18.3 Å². The van der Waals surface area contributed by atoms with Crippen LogP contribution in [0.1, 0.15) is 21.5 Å². The topological polar surface area (TPSA) is 26.3 Å². The van der Waals surface area contributed by atoms with Crippen molar-refractivity contribution in [3.8, 4) is 5.75 Å². The molecule has 0 amide bonds. The van der Waals surface area contributed by atoms with Crippen molar-refractivity contribution in [1.82, 2.24) is 0 Å². The average molecular weight is 276 g/mol. The number of ketones is 1. The van der Waals surface area contributed by atoms with Crippen LogP contribution in [0, 0.1) is 18.6 Å². The number of hydrogen-bond donors (Lipinski definition) is 0. The van der Waals surface area contributed by atoms with Gasteiger partial charge in [0.15, 0.2) is 17.3 Å². The molecule has 0 bridgehead atoms. The molecular weight excluding hydrogens is 262 g/mol. The predicted octanol–water partition coefficient (Wildman–Crippen LogP) is 3.71. The fraction of sp³-hybridized carbons (Fsp3) is 0.188. The molecule has 0 saturated carbocycles. The number of Topliss-reactive ketones (excluding diaryl/α,β-unsaturated/α-hetero) is 1. The molecule has 2 aromatic carbocycles. The molecule has 0 aliphatic heterocycles. The van der Waals surface area contributed by atoms with Gasteiger partial charge in [-0.25, -0.2) is 8.78 Å². The Labute approximate surface area is 116 Å². The van der Waals surface area contributed by atoms with Gasteiger partial charge in [-0.1, -0.05) is 6.07 Å². The summed E-state index contributed by atoms with van der Waals surface area (Å²) in [7, 11) is 1.37. The lowest BCUT2D eigenvalue weighted by Crippen LogP contribution is -2.05. The van der Waals surface area contributed by atoms with Crippen molar-refractivity contribution >= 4 is 5.78 Å². The summed E-state index contributed by atoms with van der Waals surface area (Å²) in [5.41, 5.74) is 1.49. The average Bonchev–Trinajstić information content (AvgIpc) is 2.37. The van der Waals surface area contributed by atoms with Crippen molar-refractivity contribution in [2.75, 3.05) is 7.11 Å². The van der Waals surface area contributed by atoms with E-state index in [-0.39, 0.29) is 18.0 Å². The molecule has 104 valence electrons. The lowest BCUT2D eigenvalue weighted by Gasteiger charge is -2.06. The first-order chi connectivity index (χ1) is 9.49. The van der Waals surface area contributed by atoms with Gasteiger partial charge < -0.3 is 4.74 Å². The first-order valence-corrected chi connectivity index (χ1v) is 6.12. The number of carbonyl (C=O) groups is 1. The Balaban J connectivity index is 2.21. The smallest absolute Gasteiger partial charge is 0.167 e. The highest BCUT2D eigenvalue weighted by molar-refractivity contribution is 5.97. The minimum atomic E-state index is -0.520. The summed E-state index contributed by atoms with van der Waals surface area (Å²) in [5.74, 6) is -1.09. The van der Waals surface area contributed by atoms with Crippen LogP contribution in [-0.4, -0.2) is 12.9 Å². The van der Waals surface area contributed by atoms with E-state index in [0.29, 0.717) is 16.7 Å². The van der Waals surface area contributed by atoms with Crippen LogP contribution >= 0.6 is 0 Å². The third kappa shape index (κ3) is 3.20. The van der Waals surface area contributed by atoms with Crippen molar-refractivity contribution in [2.45, 2.75) is 13.3 Å². The van der Waals surface area contributed by atoms with E-state index in [0.717, 1.165) is 0 Å². The highest BCUT2D eigenvalue weighted by Gasteiger charge is 2.11. The van der Waals surface area contributed by atoms with Gasteiger partial charge in [0.2, 0.25) is 0 Å². The summed E-state index contributed by atoms with van der Waals surface area (Å²) >= 11 is 0. The number of methoxy groups -OCH3 is 1. The zero-order valence-corrected chi connectivity index (χ0v) is 11.2. The highest BCUT2D eigenvalue weighted by Crippen LogP contribution is 2.19. The van der Waals surface area contributed by atoms with E-state index in [1.807, 2.05) is 0 Å². The molecule has 0 aromatic heterocycles. The number of carbonyl (C=O) groups excluding carboxylic acids is 1. The Morgan fingerprint density at radius 1 is 1.15 bits per heavy atom. The fourth-order valence-electron chi connectivity index (χ4n) is 2.00. The van der Waals surface area contributed by atoms with E-state index in [4.69, 9.17) is 4.74 Å². The molecule has 0 aliphatic rings. The number of hydrogen-bond acceptors (Lipinski definition) is 2. The number of rotatable bonds is 4. The molecule has 2 nitrogen and oxygen atoms in total. The third-order valence-corrected chi connectivity index (χ3v) is 2.94. The van der Waals surface area contributed by atoms with Crippen LogP contribution in [0.2, 0.25) is 0 Å². The second-order valence-electron chi connectivity index (χ2n) is 4.59. The summed E-state index contributed by atoms with van der Waals surface area (Å²) < 4.78 is 31.6. The number of halogens is 2. The predicted molar refractivity (Wildman–Crippen MR) is 72.1 cm³/mol. The highest BCUT2D eigenvalue weighted by atomic mass is 19.1. The number of aryl methyl sites for hydroxylation is 1. The normalized spacial score (nSPS) is 10.4. The van der Waals surface area contributed by atoms with E-state index in [2.05, 4.69) is 0 Å². The first kappa shape index (κ1) is 14.2. The van der Waals surface area contributed by atoms with Gasteiger partial charge in [0.1, 0.15) is 5.82 Å². The molecule has 2 rings (SSSR count). The largest absolute Gasteiger partial charge is 0.494 e. The molecule has 0 radical (unpaired) electrons. The SMILES string of the molecule is COc1ccc(CC(=O)c2cc(C)cc(F)c2)cc1F. The zero-order chi connectivity index (χ0) is 14.7. The monoisotopic (exact) mass is 276 g/mol. The van der Waals surface area contributed by atoms with E-state index >= 15 is 0 Å². The molecule has 0 saturated heterocycles. The van der Waals surface area contributed by atoms with Crippen molar-refractivity contribution in [1.29, 1.82) is 0 Å². The standard InChI is InChI=1S/C16H14F2O2/c1-10-5-12(9-13(17)6-10)15(19)8-11-3-4-16(20-2)14(18)7-11/h3-7,9H,8H2,1-2H3. The number of ether oxygens (including phenoxy) is 1. The second-order valence-corrected chi connectivity index (χ2v) is 4.59. The Bertz CT molecular complexity index is 631. The Morgan fingerprint density at radius 3 is 2.50 bits per heavy atom. The van der Waals surface area contributed by atoms with Crippen LogP contribution in [0.15, 0.2) is 36.4 Å². The molecule has 0 spiro atoms. The Kier molecular flexibility index (Phi) is 4.13. The second kappa shape index (κ2) is 5.82. The van der Waals surface area contributed by atoms with Crippen LogP contribution in [0.3, 0.4) is 0 Å². The van der Waals surface area contributed by atoms with Gasteiger partial charge in [0, 0.05) is 12.0 Å². The Morgan fingerprint density at radius 2 is 1.90 bits per heavy atom. The fourth-order valence-corrected chi connectivity index (χ4v) is 2.00. The van der Waals surface area contributed by atoms with Gasteiger partial charge in [-0.3, -0.25) is 4.79 Å². The van der Waals surface area contributed by atoms with E-state index in [9.17, 15) is 13.6 Å². The van der Waals surface area contributed by atoms with Gasteiger partial charge in [-0.05, 0) is 48.4 Å². The molecule has 2 aromatic rings. The van der Waals surface area contributed by atoms with Crippen molar-refractivity contribution in [2.24, 2.45) is 0 Å². The summed E-state index contributed by atoms with van der Waals surface area (Å²) in [6.45, 7) is 1.72. The van der Waals surface area contributed by atoms with E-state index < -0.39 is 11.6 Å². The van der Waals surface area contributed by atoms with Crippen molar-refractivity contribution in [3.05, 3.63) is 64.7 Å². The van der Waals surface area contributed by atoms with Crippen LogP contribution in [-0.2, 0) is 6.42 Å². The maximum atomic E-state index is 13.5. The zero-order valence-electron chi connectivity index (χ0n) is 11.2. The summed E-state index contributed by atoms with van der Waals surface area (Å²) in [4.78, 5) is 12.1. The van der Waals surface area contributed by atoms with Gasteiger partial charge in [-0.15, -0.1) is 0 Å². The van der Waals surface area contributed by atoms with Gasteiger partial charge in [0.05, 0.1) is 7.11 Å². The molecule has 4 heteroatoms. The van der Waals surface area contributed by atoms with E-state index in [1.165, 1.54) is 31.4 Å². The molecule has 20 heavy (non-hydrogen) atoms.